The molecule has 0 unspecified atom stereocenters. The summed E-state index contributed by atoms with van der Waals surface area (Å²) in [5.41, 5.74) is 5.47. The molecular weight excluding hydrogens is 703 g/mol. The average Bonchev–Trinajstić information content (AvgIpc) is 3.75. The Hall–Kier alpha value is -7.68. The van der Waals surface area contributed by atoms with Gasteiger partial charge in [-0.3, -0.25) is 0 Å². The number of rotatable bonds is 7. The van der Waals surface area contributed by atoms with Crippen LogP contribution in [0.2, 0.25) is 0 Å². The molecule has 58 heavy (non-hydrogen) atoms. The molecule has 1 aromatic heterocycles. The van der Waals surface area contributed by atoms with Gasteiger partial charge in [0.05, 0.1) is 16.7 Å². The topological polar surface area (TPSA) is 16.4 Å². The fourth-order valence-electron chi connectivity index (χ4n) is 8.07. The number of hydrogen-bond donors (Lipinski definition) is 0. The average molecular weight is 748 g/mol. The highest BCUT2D eigenvalue weighted by Crippen LogP contribution is 2.46. The second kappa shape index (κ2) is 14.1. The number of anilines is 3. The van der Waals surface area contributed by atoms with Crippen molar-refractivity contribution in [1.82, 2.24) is 0 Å². The van der Waals surface area contributed by atoms with Crippen molar-refractivity contribution >= 4 is 60.5 Å². The highest BCUT2D eigenvalue weighted by molar-refractivity contribution is 6.19. The fourth-order valence-corrected chi connectivity index (χ4v) is 8.07. The fraction of sp³-hybridized carbons (Fsp3) is 0. The van der Waals surface area contributed by atoms with Crippen molar-refractivity contribution in [2.75, 3.05) is 4.90 Å². The Morgan fingerprint density at radius 2 is 0.914 bits per heavy atom. The number of nitrogens with zero attached hydrogens (tertiary/aromatic N) is 1. The molecule has 0 fully saturated rings. The van der Waals surface area contributed by atoms with Crippen molar-refractivity contribution in [2.45, 2.75) is 0 Å². The minimum absolute atomic E-state index is 0.0903. The lowest BCUT2D eigenvalue weighted by molar-refractivity contribution is 0.673. The third-order valence-electron chi connectivity index (χ3n) is 10.8. The van der Waals surface area contributed by atoms with Gasteiger partial charge in [-0.1, -0.05) is 176 Å². The number of fused-ring (bicyclic) bond motifs is 6. The molecule has 0 aliphatic rings. The van der Waals surface area contributed by atoms with Crippen molar-refractivity contribution in [1.29, 1.82) is 0 Å². The lowest BCUT2D eigenvalue weighted by Gasteiger charge is -2.28. The highest BCUT2D eigenvalue weighted by Gasteiger charge is 2.21. The van der Waals surface area contributed by atoms with E-state index in [-0.39, 0.29) is 46.7 Å². The molecule has 0 bridgehead atoms. The lowest BCUT2D eigenvalue weighted by Crippen LogP contribution is -2.11. The van der Waals surface area contributed by atoms with Gasteiger partial charge in [0.2, 0.25) is 0 Å². The van der Waals surface area contributed by atoms with Crippen molar-refractivity contribution < 1.29 is 15.4 Å². The van der Waals surface area contributed by atoms with Crippen LogP contribution in [0.5, 0.6) is 0 Å². The van der Waals surface area contributed by atoms with Crippen molar-refractivity contribution in [2.24, 2.45) is 0 Å². The third kappa shape index (κ3) is 5.82. The van der Waals surface area contributed by atoms with E-state index in [4.69, 9.17) is 4.42 Å². The summed E-state index contributed by atoms with van der Waals surface area (Å²) in [6.07, 6.45) is 0. The van der Waals surface area contributed by atoms with Gasteiger partial charge in [0.1, 0.15) is 11.2 Å². The molecule has 1 heterocycles. The Morgan fingerprint density at radius 3 is 1.71 bits per heavy atom. The molecule has 0 N–H and O–H groups in total. The molecule has 0 amide bonds. The van der Waals surface area contributed by atoms with E-state index in [0.717, 1.165) is 49.0 Å². The van der Waals surface area contributed by atoms with Crippen LogP contribution in [0, 0.1) is 0 Å². The van der Waals surface area contributed by atoms with Crippen LogP contribution in [0.3, 0.4) is 0 Å². The van der Waals surface area contributed by atoms with Gasteiger partial charge in [-0.2, -0.15) is 0 Å². The Bertz CT molecular complexity index is 3710. The van der Waals surface area contributed by atoms with Crippen LogP contribution in [-0.4, -0.2) is 0 Å². The molecule has 0 aliphatic carbocycles. The zero-order chi connectivity index (χ0) is 45.4. The van der Waals surface area contributed by atoms with Gasteiger partial charge in [0.15, 0.2) is 0 Å². The molecule has 11 aromatic rings. The van der Waals surface area contributed by atoms with Crippen LogP contribution in [-0.2, 0) is 0 Å². The van der Waals surface area contributed by atoms with Crippen LogP contribution >= 0.6 is 0 Å². The van der Waals surface area contributed by atoms with E-state index in [2.05, 4.69) is 0 Å². The lowest BCUT2D eigenvalue weighted by atomic mass is 9.95. The molecule has 0 spiro atoms. The van der Waals surface area contributed by atoms with E-state index in [1.807, 2.05) is 152 Å². The molecular formula is C56H37NO. The maximum atomic E-state index is 9.79. The van der Waals surface area contributed by atoms with Crippen molar-refractivity contribution in [3.8, 4) is 44.5 Å². The highest BCUT2D eigenvalue weighted by atomic mass is 16.3. The molecule has 11 rings (SSSR count). The summed E-state index contributed by atoms with van der Waals surface area (Å²) in [4.78, 5) is 1.39. The SMILES string of the molecule is [2H]c1c([2H])c(N(c2ccccc2-c2cccc3oc4c5ccccc5ccc4c23)c2c([2H])c([2H])c(-c3cccc4ccccc34)c([2H])c2[2H])c([2H])c([2H])c1-c1cccc(-c2ccccc2)c1. The summed E-state index contributed by atoms with van der Waals surface area (Å²) in [6.45, 7) is 0. The predicted molar refractivity (Wildman–Crippen MR) is 245 cm³/mol. The standard InChI is InChI=1S/C56H37NO/c1-2-13-38(14-3-1)43-18-10-19-44(37-43)39-27-32-45(33-28-39)57(46-34-29-42(30-35-46)48-23-11-17-40-15-4-6-20-47(40)48)53-25-9-8-22-50(53)51-24-12-26-54-55(51)52-36-31-41-16-5-7-21-49(41)56(52)58-54/h1-37H/i27D,28D,29D,30D,32D,33D,34D,35D. The van der Waals surface area contributed by atoms with Crippen LogP contribution in [0.4, 0.5) is 17.1 Å². The molecule has 0 aliphatic heterocycles. The number of benzene rings is 10. The largest absolute Gasteiger partial charge is 0.455 e. The summed E-state index contributed by atoms with van der Waals surface area (Å²) in [7, 11) is 0. The minimum atomic E-state index is -0.417. The Morgan fingerprint density at radius 1 is 0.362 bits per heavy atom. The van der Waals surface area contributed by atoms with E-state index >= 15 is 0 Å². The number of furan rings is 1. The first-order valence-electron chi connectivity index (χ1n) is 23.2. The van der Waals surface area contributed by atoms with Crippen LogP contribution < -0.4 is 4.90 Å². The van der Waals surface area contributed by atoms with Crippen molar-refractivity contribution in [3.63, 3.8) is 0 Å². The van der Waals surface area contributed by atoms with E-state index in [9.17, 15) is 11.0 Å². The van der Waals surface area contributed by atoms with E-state index in [1.54, 1.807) is 24.3 Å². The maximum absolute atomic E-state index is 9.79. The molecule has 272 valence electrons. The summed E-state index contributed by atoms with van der Waals surface area (Å²) in [6, 6.07) is 52.3. The Kier molecular flexibility index (Phi) is 6.38. The Labute approximate surface area is 348 Å². The van der Waals surface area contributed by atoms with Crippen molar-refractivity contribution in [3.05, 3.63) is 224 Å². The normalized spacial score (nSPS) is 13.4. The second-order valence-corrected chi connectivity index (χ2v) is 14.2. The Balaban J connectivity index is 1.20. The third-order valence-corrected chi connectivity index (χ3v) is 10.8. The van der Waals surface area contributed by atoms with Gasteiger partial charge in [0, 0.05) is 33.1 Å². The molecule has 10 aromatic carbocycles. The quantitative estimate of drug-likeness (QED) is 0.161. The van der Waals surface area contributed by atoms with Crippen LogP contribution in [0.1, 0.15) is 11.0 Å². The molecule has 0 saturated carbocycles. The summed E-state index contributed by atoms with van der Waals surface area (Å²) in [5.74, 6) is 0. The van der Waals surface area contributed by atoms with Crippen LogP contribution in [0.15, 0.2) is 229 Å². The van der Waals surface area contributed by atoms with Gasteiger partial charge >= 0.3 is 0 Å². The number of para-hydroxylation sites is 1. The first kappa shape index (κ1) is 26.2. The smallest absolute Gasteiger partial charge is 0.143 e. The van der Waals surface area contributed by atoms with E-state index in [0.29, 0.717) is 33.5 Å². The molecule has 0 radical (unpaired) electrons. The molecule has 2 heteroatoms. The number of hydrogen-bond acceptors (Lipinski definition) is 2. The van der Waals surface area contributed by atoms with Gasteiger partial charge < -0.3 is 9.32 Å². The molecule has 0 atom stereocenters. The monoisotopic (exact) mass is 747 g/mol. The molecule has 2 nitrogen and oxygen atoms in total. The first-order valence-corrected chi connectivity index (χ1v) is 19.2. The summed E-state index contributed by atoms with van der Waals surface area (Å²) >= 11 is 0. The zero-order valence-corrected chi connectivity index (χ0v) is 31.1. The zero-order valence-electron chi connectivity index (χ0n) is 39.1. The van der Waals surface area contributed by atoms with E-state index in [1.165, 1.54) is 4.90 Å². The van der Waals surface area contributed by atoms with Crippen LogP contribution in [0.25, 0.3) is 88.0 Å². The van der Waals surface area contributed by atoms with E-state index < -0.39 is 24.2 Å². The van der Waals surface area contributed by atoms with Gasteiger partial charge in [-0.15, -0.1) is 0 Å². The molecule has 0 saturated heterocycles. The van der Waals surface area contributed by atoms with Gasteiger partial charge in [-0.25, -0.2) is 0 Å². The maximum Gasteiger partial charge on any atom is 0.143 e. The van der Waals surface area contributed by atoms with Gasteiger partial charge in [0.25, 0.3) is 0 Å². The summed E-state index contributed by atoms with van der Waals surface area (Å²) < 4.78 is 84.1. The van der Waals surface area contributed by atoms with Gasteiger partial charge in [-0.05, 0) is 104 Å². The first-order chi connectivity index (χ1) is 32.1. The minimum Gasteiger partial charge on any atom is -0.455 e. The second-order valence-electron chi connectivity index (χ2n) is 14.2. The predicted octanol–water partition coefficient (Wildman–Crippen LogP) is 16.0. The summed E-state index contributed by atoms with van der Waals surface area (Å²) in [5, 5.41) is 5.25.